The van der Waals surface area contributed by atoms with Gasteiger partial charge in [0.2, 0.25) is 0 Å². The van der Waals surface area contributed by atoms with Crippen molar-refractivity contribution in [3.05, 3.63) is 41.3 Å². The summed E-state index contributed by atoms with van der Waals surface area (Å²) in [5.41, 5.74) is 6.96. The number of carbonyl (C=O) groups is 1. The van der Waals surface area contributed by atoms with Gasteiger partial charge >= 0.3 is 5.97 Å². The predicted octanol–water partition coefficient (Wildman–Crippen LogP) is 2.08. The minimum Gasteiger partial charge on any atom is -0.478 e. The van der Waals surface area contributed by atoms with Crippen molar-refractivity contribution >= 4 is 23.3 Å². The second kappa shape index (κ2) is 4.39. The number of benzene rings is 1. The van der Waals surface area contributed by atoms with Crippen LogP contribution in [0.5, 0.6) is 0 Å². The normalized spacial score (nSPS) is 10.2. The zero-order chi connectivity index (χ0) is 12.4. The van der Waals surface area contributed by atoms with E-state index in [0.29, 0.717) is 16.9 Å². The Morgan fingerprint density at radius 1 is 1.35 bits per heavy atom. The Labute approximate surface area is 102 Å². The first-order valence-corrected chi connectivity index (χ1v) is 5.06. The molecule has 2 aromatic rings. The van der Waals surface area contributed by atoms with Crippen molar-refractivity contribution in [2.45, 2.75) is 0 Å². The molecule has 2 rings (SSSR count). The number of rotatable bonds is 2. The number of hydrogen-bond acceptors (Lipinski definition) is 4. The second-order valence-corrected chi connectivity index (χ2v) is 3.72. The van der Waals surface area contributed by atoms with Crippen LogP contribution >= 0.6 is 11.6 Å². The molecule has 0 aliphatic heterocycles. The molecule has 3 N–H and O–H groups in total. The number of halogens is 1. The van der Waals surface area contributed by atoms with Crippen LogP contribution in [0.2, 0.25) is 5.15 Å². The van der Waals surface area contributed by atoms with Gasteiger partial charge in [0.25, 0.3) is 0 Å². The van der Waals surface area contributed by atoms with Gasteiger partial charge < -0.3 is 10.8 Å². The zero-order valence-corrected chi connectivity index (χ0v) is 9.35. The fourth-order valence-corrected chi connectivity index (χ4v) is 1.58. The monoisotopic (exact) mass is 249 g/mol. The van der Waals surface area contributed by atoms with Crippen LogP contribution in [0.15, 0.2) is 30.6 Å². The molecule has 0 bridgehead atoms. The molecule has 0 aliphatic rings. The van der Waals surface area contributed by atoms with E-state index in [4.69, 9.17) is 22.4 Å². The zero-order valence-electron chi connectivity index (χ0n) is 8.59. The highest BCUT2D eigenvalue weighted by molar-refractivity contribution is 6.29. The van der Waals surface area contributed by atoms with Gasteiger partial charge in [-0.05, 0) is 18.2 Å². The molecule has 86 valence electrons. The first-order valence-electron chi connectivity index (χ1n) is 4.68. The first-order chi connectivity index (χ1) is 8.08. The van der Waals surface area contributed by atoms with Gasteiger partial charge in [-0.2, -0.15) is 0 Å². The van der Waals surface area contributed by atoms with Crippen molar-refractivity contribution in [2.24, 2.45) is 0 Å². The van der Waals surface area contributed by atoms with Crippen LogP contribution in [-0.2, 0) is 0 Å². The summed E-state index contributed by atoms with van der Waals surface area (Å²) in [6.45, 7) is 0. The molecule has 0 atom stereocenters. The van der Waals surface area contributed by atoms with Crippen LogP contribution in [0.4, 0.5) is 5.69 Å². The lowest BCUT2D eigenvalue weighted by Gasteiger charge is -2.06. The summed E-state index contributed by atoms with van der Waals surface area (Å²) in [7, 11) is 0. The lowest BCUT2D eigenvalue weighted by Crippen LogP contribution is -2.02. The molecular formula is C11H8ClN3O2. The average Bonchev–Trinajstić information content (AvgIpc) is 2.28. The molecule has 1 heterocycles. The summed E-state index contributed by atoms with van der Waals surface area (Å²) in [6, 6.07) is 4.48. The number of carboxylic acid groups (broad SMARTS) is 1. The minimum atomic E-state index is -1.05. The molecule has 1 aromatic carbocycles. The molecule has 5 nitrogen and oxygen atoms in total. The van der Waals surface area contributed by atoms with Gasteiger partial charge in [-0.1, -0.05) is 11.6 Å². The van der Waals surface area contributed by atoms with E-state index >= 15 is 0 Å². The molecule has 0 radical (unpaired) electrons. The Kier molecular flexibility index (Phi) is 2.93. The highest BCUT2D eigenvalue weighted by Gasteiger charge is 2.13. The fraction of sp³-hybridized carbons (Fsp3) is 0. The lowest BCUT2D eigenvalue weighted by molar-refractivity contribution is 0.0697. The van der Waals surface area contributed by atoms with Gasteiger partial charge in [0.1, 0.15) is 5.15 Å². The molecule has 0 amide bonds. The van der Waals surface area contributed by atoms with Crippen molar-refractivity contribution in [1.82, 2.24) is 9.97 Å². The number of carboxylic acids is 1. The van der Waals surface area contributed by atoms with Crippen LogP contribution in [0.25, 0.3) is 11.3 Å². The van der Waals surface area contributed by atoms with Crippen molar-refractivity contribution in [3.63, 3.8) is 0 Å². The molecule has 0 aliphatic carbocycles. The number of aromatic carboxylic acids is 1. The molecule has 0 fully saturated rings. The Bertz CT molecular complexity index is 587. The van der Waals surface area contributed by atoms with Crippen molar-refractivity contribution in [3.8, 4) is 11.3 Å². The van der Waals surface area contributed by atoms with E-state index in [9.17, 15) is 4.79 Å². The van der Waals surface area contributed by atoms with Crippen LogP contribution in [0.3, 0.4) is 0 Å². The standard InChI is InChI=1S/C11H8ClN3O2/c12-10-5-14-4-9(15-10)8-3-6(13)1-2-7(8)11(16)17/h1-5H,13H2,(H,16,17). The number of nitrogens with zero attached hydrogens (tertiary/aromatic N) is 2. The maximum absolute atomic E-state index is 11.1. The van der Waals surface area contributed by atoms with Crippen LogP contribution < -0.4 is 5.73 Å². The minimum absolute atomic E-state index is 0.107. The van der Waals surface area contributed by atoms with E-state index in [0.717, 1.165) is 0 Å². The molecule has 1 aromatic heterocycles. The van der Waals surface area contributed by atoms with E-state index in [-0.39, 0.29) is 10.7 Å². The van der Waals surface area contributed by atoms with Gasteiger partial charge in [-0.25, -0.2) is 9.78 Å². The maximum Gasteiger partial charge on any atom is 0.336 e. The smallest absolute Gasteiger partial charge is 0.336 e. The molecule has 0 spiro atoms. The third-order valence-corrected chi connectivity index (χ3v) is 2.34. The van der Waals surface area contributed by atoms with Gasteiger partial charge in [-0.3, -0.25) is 4.98 Å². The van der Waals surface area contributed by atoms with Crippen molar-refractivity contribution < 1.29 is 9.90 Å². The van der Waals surface area contributed by atoms with E-state index in [1.165, 1.54) is 30.6 Å². The summed E-state index contributed by atoms with van der Waals surface area (Å²) in [6.07, 6.45) is 2.81. The summed E-state index contributed by atoms with van der Waals surface area (Å²) in [5.74, 6) is -1.05. The van der Waals surface area contributed by atoms with E-state index in [1.54, 1.807) is 0 Å². The molecule has 6 heteroatoms. The Morgan fingerprint density at radius 3 is 2.76 bits per heavy atom. The molecule has 17 heavy (non-hydrogen) atoms. The number of aromatic nitrogens is 2. The quantitative estimate of drug-likeness (QED) is 0.796. The van der Waals surface area contributed by atoms with E-state index < -0.39 is 5.97 Å². The number of nitrogen functional groups attached to an aromatic ring is 1. The number of hydrogen-bond donors (Lipinski definition) is 2. The topological polar surface area (TPSA) is 89.1 Å². The summed E-state index contributed by atoms with van der Waals surface area (Å²) < 4.78 is 0. The van der Waals surface area contributed by atoms with Gasteiger partial charge in [0.15, 0.2) is 0 Å². The SMILES string of the molecule is Nc1ccc(C(=O)O)c(-c2cncc(Cl)n2)c1. The van der Waals surface area contributed by atoms with Gasteiger partial charge in [-0.15, -0.1) is 0 Å². The summed E-state index contributed by atoms with van der Waals surface area (Å²) in [5, 5.41) is 9.26. The highest BCUT2D eigenvalue weighted by atomic mass is 35.5. The molecule has 0 saturated carbocycles. The van der Waals surface area contributed by atoms with E-state index in [2.05, 4.69) is 9.97 Å². The van der Waals surface area contributed by atoms with Crippen LogP contribution in [-0.4, -0.2) is 21.0 Å². The molecular weight excluding hydrogens is 242 g/mol. The largest absolute Gasteiger partial charge is 0.478 e. The number of nitrogens with two attached hydrogens (primary N) is 1. The van der Waals surface area contributed by atoms with Crippen LogP contribution in [0.1, 0.15) is 10.4 Å². The second-order valence-electron chi connectivity index (χ2n) is 3.34. The molecule has 0 saturated heterocycles. The maximum atomic E-state index is 11.1. The summed E-state index contributed by atoms with van der Waals surface area (Å²) >= 11 is 5.71. The van der Waals surface area contributed by atoms with Gasteiger partial charge in [0, 0.05) is 11.3 Å². The average molecular weight is 250 g/mol. The first kappa shape index (κ1) is 11.3. The third kappa shape index (κ3) is 2.34. The van der Waals surface area contributed by atoms with Crippen LogP contribution in [0, 0.1) is 0 Å². The van der Waals surface area contributed by atoms with E-state index in [1.807, 2.05) is 0 Å². The molecule has 0 unspecified atom stereocenters. The Hall–Kier alpha value is -2.14. The van der Waals surface area contributed by atoms with Crippen molar-refractivity contribution in [2.75, 3.05) is 5.73 Å². The Balaban J connectivity index is 2.65. The predicted molar refractivity (Wildman–Crippen MR) is 63.8 cm³/mol. The van der Waals surface area contributed by atoms with Crippen molar-refractivity contribution in [1.29, 1.82) is 0 Å². The lowest BCUT2D eigenvalue weighted by atomic mass is 10.0. The fourth-order valence-electron chi connectivity index (χ4n) is 1.43. The summed E-state index contributed by atoms with van der Waals surface area (Å²) in [4.78, 5) is 18.9. The number of anilines is 1. The van der Waals surface area contributed by atoms with Gasteiger partial charge in [0.05, 0.1) is 23.7 Å². The highest BCUT2D eigenvalue weighted by Crippen LogP contribution is 2.24. The third-order valence-electron chi connectivity index (χ3n) is 2.16. The Morgan fingerprint density at radius 2 is 2.12 bits per heavy atom.